The molecule has 0 aliphatic rings. The number of hydrogen-bond acceptors (Lipinski definition) is 5. The van der Waals surface area contributed by atoms with Crippen LogP contribution in [0.1, 0.15) is 38.6 Å². The van der Waals surface area contributed by atoms with E-state index in [0.29, 0.717) is 5.19 Å². The number of rotatable bonds is 8. The van der Waals surface area contributed by atoms with Gasteiger partial charge in [-0.3, -0.25) is 0 Å². The number of nitrogens with zero attached hydrogens (tertiary/aromatic N) is 2. The maximum absolute atomic E-state index is 5.53. The van der Waals surface area contributed by atoms with Gasteiger partial charge in [0.25, 0.3) is 5.19 Å². The van der Waals surface area contributed by atoms with Crippen molar-refractivity contribution in [2.45, 2.75) is 40.2 Å². The third-order valence-electron chi connectivity index (χ3n) is 2.13. The summed E-state index contributed by atoms with van der Waals surface area (Å²) >= 11 is 1.52. The predicted octanol–water partition coefficient (Wildman–Crippen LogP) is 2.46. The van der Waals surface area contributed by atoms with Crippen LogP contribution in [0, 0.1) is 5.92 Å². The summed E-state index contributed by atoms with van der Waals surface area (Å²) in [6, 6.07) is 0. The van der Waals surface area contributed by atoms with E-state index < -0.39 is 0 Å². The molecule has 16 heavy (non-hydrogen) atoms. The fourth-order valence-electron chi connectivity index (χ4n) is 1.25. The van der Waals surface area contributed by atoms with Crippen molar-refractivity contribution in [3.05, 3.63) is 5.01 Å². The molecule has 1 N–H and O–H groups in total. The second-order valence-corrected chi connectivity index (χ2v) is 5.15. The SMILES string of the molecule is CCNCc1nnc(OCCCC(C)C)s1. The smallest absolute Gasteiger partial charge is 0.294 e. The first kappa shape index (κ1) is 13.4. The maximum Gasteiger partial charge on any atom is 0.294 e. The lowest BCUT2D eigenvalue weighted by Gasteiger charge is -2.03. The van der Waals surface area contributed by atoms with E-state index in [1.54, 1.807) is 0 Å². The van der Waals surface area contributed by atoms with Gasteiger partial charge in [-0.05, 0) is 25.3 Å². The largest absolute Gasteiger partial charge is 0.469 e. The zero-order valence-corrected chi connectivity index (χ0v) is 11.1. The molecule has 0 amide bonds. The molecule has 0 unspecified atom stereocenters. The molecule has 4 nitrogen and oxygen atoms in total. The highest BCUT2D eigenvalue weighted by Crippen LogP contribution is 2.18. The molecule has 0 aliphatic heterocycles. The van der Waals surface area contributed by atoms with Crippen molar-refractivity contribution in [3.8, 4) is 5.19 Å². The minimum atomic E-state index is 0.691. The molecular formula is C11H21N3OS. The summed E-state index contributed by atoms with van der Waals surface area (Å²) in [5, 5.41) is 12.9. The van der Waals surface area contributed by atoms with E-state index in [4.69, 9.17) is 4.74 Å². The van der Waals surface area contributed by atoms with Crippen LogP contribution in [0.5, 0.6) is 5.19 Å². The average Bonchev–Trinajstić information content (AvgIpc) is 2.69. The first-order chi connectivity index (χ1) is 7.72. The Morgan fingerprint density at radius 2 is 2.19 bits per heavy atom. The van der Waals surface area contributed by atoms with Crippen LogP contribution >= 0.6 is 11.3 Å². The molecule has 0 spiro atoms. The third-order valence-corrected chi connectivity index (χ3v) is 2.96. The van der Waals surface area contributed by atoms with Crippen molar-refractivity contribution < 1.29 is 4.74 Å². The average molecular weight is 243 g/mol. The highest BCUT2D eigenvalue weighted by atomic mass is 32.1. The highest BCUT2D eigenvalue weighted by Gasteiger charge is 2.04. The summed E-state index contributed by atoms with van der Waals surface area (Å²) in [6.07, 6.45) is 2.28. The molecule has 0 aliphatic carbocycles. The van der Waals surface area contributed by atoms with E-state index in [2.05, 4.69) is 36.3 Å². The maximum atomic E-state index is 5.53. The van der Waals surface area contributed by atoms with Crippen LogP contribution in [0.2, 0.25) is 0 Å². The van der Waals surface area contributed by atoms with Crippen molar-refractivity contribution in [3.63, 3.8) is 0 Å². The molecule has 0 saturated heterocycles. The molecule has 0 radical (unpaired) electrons. The van der Waals surface area contributed by atoms with Crippen LogP contribution in [0.25, 0.3) is 0 Å². The van der Waals surface area contributed by atoms with Gasteiger partial charge in [0.15, 0.2) is 0 Å². The molecular weight excluding hydrogens is 222 g/mol. The van der Waals surface area contributed by atoms with E-state index in [0.717, 1.165) is 37.0 Å². The lowest BCUT2D eigenvalue weighted by Crippen LogP contribution is -2.11. The molecule has 1 aromatic heterocycles. The third kappa shape index (κ3) is 5.42. The molecule has 5 heteroatoms. The molecule has 0 aromatic carbocycles. The lowest BCUT2D eigenvalue weighted by atomic mass is 10.1. The van der Waals surface area contributed by atoms with Crippen molar-refractivity contribution >= 4 is 11.3 Å². The fourth-order valence-corrected chi connectivity index (χ4v) is 1.93. The Morgan fingerprint density at radius 3 is 2.88 bits per heavy atom. The van der Waals surface area contributed by atoms with Crippen molar-refractivity contribution in [1.82, 2.24) is 15.5 Å². The number of aromatic nitrogens is 2. The molecule has 0 fully saturated rings. The second kappa shape index (κ2) is 7.57. The second-order valence-electron chi connectivity index (χ2n) is 4.13. The van der Waals surface area contributed by atoms with Gasteiger partial charge >= 0.3 is 0 Å². The van der Waals surface area contributed by atoms with Crippen LogP contribution in [0.3, 0.4) is 0 Å². The van der Waals surface area contributed by atoms with Crippen LogP contribution < -0.4 is 10.1 Å². The van der Waals surface area contributed by atoms with Crippen LogP contribution in [0.15, 0.2) is 0 Å². The highest BCUT2D eigenvalue weighted by molar-refractivity contribution is 7.13. The summed E-state index contributed by atoms with van der Waals surface area (Å²) in [6.45, 7) is 8.99. The molecule has 0 saturated carbocycles. The monoisotopic (exact) mass is 243 g/mol. The quantitative estimate of drug-likeness (QED) is 0.712. The van der Waals surface area contributed by atoms with Gasteiger partial charge in [-0.25, -0.2) is 0 Å². The van der Waals surface area contributed by atoms with E-state index in [1.165, 1.54) is 17.8 Å². The van der Waals surface area contributed by atoms with Crippen LogP contribution in [0.4, 0.5) is 0 Å². The van der Waals surface area contributed by atoms with Gasteiger partial charge in [0.05, 0.1) is 6.61 Å². The van der Waals surface area contributed by atoms with Gasteiger partial charge in [0.2, 0.25) is 0 Å². The van der Waals surface area contributed by atoms with Gasteiger partial charge < -0.3 is 10.1 Å². The fraction of sp³-hybridized carbons (Fsp3) is 0.818. The van der Waals surface area contributed by atoms with Gasteiger partial charge in [0.1, 0.15) is 5.01 Å². The van der Waals surface area contributed by atoms with Crippen LogP contribution in [-0.4, -0.2) is 23.3 Å². The Kier molecular flexibility index (Phi) is 6.33. The topological polar surface area (TPSA) is 47.0 Å². The molecule has 1 aromatic rings. The first-order valence-electron chi connectivity index (χ1n) is 5.88. The zero-order chi connectivity index (χ0) is 11.8. The van der Waals surface area contributed by atoms with Crippen molar-refractivity contribution in [1.29, 1.82) is 0 Å². The summed E-state index contributed by atoms with van der Waals surface area (Å²) in [5.74, 6) is 0.738. The molecule has 0 bridgehead atoms. The van der Waals surface area contributed by atoms with Crippen LogP contribution in [-0.2, 0) is 6.54 Å². The Labute approximate surface area is 101 Å². The summed E-state index contributed by atoms with van der Waals surface area (Å²) in [7, 11) is 0. The lowest BCUT2D eigenvalue weighted by molar-refractivity contribution is 0.294. The van der Waals surface area contributed by atoms with Gasteiger partial charge in [-0.15, -0.1) is 10.2 Å². The summed E-state index contributed by atoms with van der Waals surface area (Å²) < 4.78 is 5.53. The number of ether oxygens (including phenoxy) is 1. The first-order valence-corrected chi connectivity index (χ1v) is 6.70. The summed E-state index contributed by atoms with van der Waals surface area (Å²) in [4.78, 5) is 0. The molecule has 1 rings (SSSR count). The Hall–Kier alpha value is -0.680. The minimum absolute atomic E-state index is 0.691. The molecule has 0 atom stereocenters. The number of hydrogen-bond donors (Lipinski definition) is 1. The van der Waals surface area contributed by atoms with Gasteiger partial charge in [-0.1, -0.05) is 32.1 Å². The van der Waals surface area contributed by atoms with Crippen molar-refractivity contribution in [2.75, 3.05) is 13.2 Å². The van der Waals surface area contributed by atoms with Gasteiger partial charge in [0, 0.05) is 6.54 Å². The predicted molar refractivity (Wildman–Crippen MR) is 66.9 cm³/mol. The molecule has 92 valence electrons. The molecule has 1 heterocycles. The Bertz CT molecular complexity index is 289. The van der Waals surface area contributed by atoms with Gasteiger partial charge in [-0.2, -0.15) is 0 Å². The van der Waals surface area contributed by atoms with Crippen molar-refractivity contribution in [2.24, 2.45) is 5.92 Å². The minimum Gasteiger partial charge on any atom is -0.469 e. The van der Waals surface area contributed by atoms with E-state index in [-0.39, 0.29) is 0 Å². The normalized spacial score (nSPS) is 11.0. The van der Waals surface area contributed by atoms with E-state index >= 15 is 0 Å². The van der Waals surface area contributed by atoms with E-state index in [9.17, 15) is 0 Å². The number of nitrogens with one attached hydrogen (secondary N) is 1. The summed E-state index contributed by atoms with van der Waals surface area (Å²) in [5.41, 5.74) is 0. The van der Waals surface area contributed by atoms with E-state index in [1.807, 2.05) is 0 Å². The standard InChI is InChI=1S/C11H21N3OS/c1-4-12-8-10-13-14-11(16-10)15-7-5-6-9(2)3/h9,12H,4-8H2,1-3H3. The Morgan fingerprint density at radius 1 is 1.38 bits per heavy atom. The zero-order valence-electron chi connectivity index (χ0n) is 10.3. The Balaban J connectivity index is 2.19.